The molecule has 0 unspecified atom stereocenters. The number of hydrogen-bond donors (Lipinski definition) is 1. The van der Waals surface area contributed by atoms with Crippen LogP contribution >= 0.6 is 15.9 Å². The highest BCUT2D eigenvalue weighted by Gasteiger charge is 2.18. The van der Waals surface area contributed by atoms with Gasteiger partial charge in [-0.25, -0.2) is 13.4 Å². The van der Waals surface area contributed by atoms with Crippen molar-refractivity contribution in [3.8, 4) is 6.07 Å². The lowest BCUT2D eigenvalue weighted by Gasteiger charge is -2.09. The second-order valence-electron chi connectivity index (χ2n) is 3.98. The molecule has 0 aliphatic carbocycles. The molecule has 1 aromatic heterocycles. The summed E-state index contributed by atoms with van der Waals surface area (Å²) in [6, 6.07) is 11.1. The van der Waals surface area contributed by atoms with E-state index < -0.39 is 10.0 Å². The number of halogens is 1. The number of anilines is 1. The van der Waals surface area contributed by atoms with Crippen LogP contribution in [0.4, 0.5) is 5.82 Å². The fourth-order valence-electron chi connectivity index (χ4n) is 1.59. The number of nitriles is 1. The molecule has 0 amide bonds. The van der Waals surface area contributed by atoms with Crippen molar-refractivity contribution in [1.29, 1.82) is 5.26 Å². The largest absolute Gasteiger partial charge is 0.264 e. The summed E-state index contributed by atoms with van der Waals surface area (Å²) in [6.07, 6.45) is 0. The first-order valence-corrected chi connectivity index (χ1v) is 7.87. The van der Waals surface area contributed by atoms with E-state index in [1.54, 1.807) is 31.2 Å². The van der Waals surface area contributed by atoms with E-state index in [2.05, 4.69) is 25.6 Å². The summed E-state index contributed by atoms with van der Waals surface area (Å²) in [5, 5.41) is 8.96. The second-order valence-corrected chi connectivity index (χ2v) is 6.48. The van der Waals surface area contributed by atoms with Gasteiger partial charge < -0.3 is 0 Å². The Balaban J connectivity index is 2.41. The Labute approximate surface area is 125 Å². The van der Waals surface area contributed by atoms with Gasteiger partial charge in [0.15, 0.2) is 0 Å². The number of pyridine rings is 1. The topological polar surface area (TPSA) is 82.8 Å². The quantitative estimate of drug-likeness (QED) is 0.921. The fourth-order valence-corrected chi connectivity index (χ4v) is 2.97. The Kier molecular flexibility index (Phi) is 4.06. The van der Waals surface area contributed by atoms with Gasteiger partial charge in [0.05, 0.1) is 11.3 Å². The molecule has 2 rings (SSSR count). The molecule has 1 heterocycles. The second kappa shape index (κ2) is 5.61. The van der Waals surface area contributed by atoms with Crippen LogP contribution in [0.25, 0.3) is 0 Å². The van der Waals surface area contributed by atoms with Gasteiger partial charge in [-0.15, -0.1) is 0 Å². The number of rotatable bonds is 3. The third-order valence-electron chi connectivity index (χ3n) is 2.56. The first kappa shape index (κ1) is 14.5. The number of nitrogens with one attached hydrogen (secondary N) is 1. The molecule has 0 spiro atoms. The molecule has 5 nitrogen and oxygen atoms in total. The van der Waals surface area contributed by atoms with E-state index in [1.165, 1.54) is 12.1 Å². The normalized spacial score (nSPS) is 10.8. The first-order valence-electron chi connectivity index (χ1n) is 5.59. The smallest absolute Gasteiger partial charge is 0.263 e. The highest BCUT2D eigenvalue weighted by Crippen LogP contribution is 2.20. The van der Waals surface area contributed by atoms with E-state index in [1.807, 2.05) is 6.07 Å². The van der Waals surface area contributed by atoms with Gasteiger partial charge in [0.25, 0.3) is 10.0 Å². The van der Waals surface area contributed by atoms with Crippen molar-refractivity contribution < 1.29 is 8.42 Å². The summed E-state index contributed by atoms with van der Waals surface area (Å²) < 4.78 is 27.7. The van der Waals surface area contributed by atoms with Crippen LogP contribution in [-0.4, -0.2) is 13.4 Å². The minimum Gasteiger partial charge on any atom is -0.263 e. The molecule has 0 saturated carbocycles. The Morgan fingerprint density at radius 1 is 1.25 bits per heavy atom. The van der Waals surface area contributed by atoms with Crippen molar-refractivity contribution >= 4 is 31.8 Å². The molecule has 7 heteroatoms. The predicted molar refractivity (Wildman–Crippen MR) is 78.6 cm³/mol. The summed E-state index contributed by atoms with van der Waals surface area (Å²) >= 11 is 3.29. The summed E-state index contributed by atoms with van der Waals surface area (Å²) in [6.45, 7) is 1.76. The first-order chi connectivity index (χ1) is 9.44. The molecule has 1 N–H and O–H groups in total. The number of aromatic nitrogens is 1. The molecule has 102 valence electrons. The number of nitrogens with zero attached hydrogens (tertiary/aromatic N) is 2. The van der Waals surface area contributed by atoms with Crippen LogP contribution in [0.2, 0.25) is 0 Å². The van der Waals surface area contributed by atoms with Crippen molar-refractivity contribution in [2.75, 3.05) is 4.72 Å². The lowest BCUT2D eigenvalue weighted by atomic mass is 10.2. The van der Waals surface area contributed by atoms with Crippen molar-refractivity contribution in [3.63, 3.8) is 0 Å². The predicted octanol–water partition coefficient (Wildman–Crippen LogP) is 2.83. The highest BCUT2D eigenvalue weighted by molar-refractivity contribution is 9.10. The van der Waals surface area contributed by atoms with Crippen molar-refractivity contribution in [2.45, 2.75) is 11.8 Å². The lowest BCUT2D eigenvalue weighted by molar-refractivity contribution is 0.601. The zero-order valence-corrected chi connectivity index (χ0v) is 12.9. The third kappa shape index (κ3) is 2.98. The van der Waals surface area contributed by atoms with E-state index >= 15 is 0 Å². The van der Waals surface area contributed by atoms with Crippen LogP contribution in [-0.2, 0) is 10.0 Å². The monoisotopic (exact) mass is 351 g/mol. The van der Waals surface area contributed by atoms with Gasteiger partial charge in [0, 0.05) is 4.47 Å². The Bertz CT molecular complexity index is 798. The maximum Gasteiger partial charge on any atom is 0.264 e. The van der Waals surface area contributed by atoms with E-state index in [9.17, 15) is 8.42 Å². The van der Waals surface area contributed by atoms with Crippen LogP contribution in [0.1, 0.15) is 11.3 Å². The van der Waals surface area contributed by atoms with Crippen LogP contribution in [0.3, 0.4) is 0 Å². The third-order valence-corrected chi connectivity index (χ3v) is 4.81. The van der Waals surface area contributed by atoms with Crippen LogP contribution in [0.5, 0.6) is 0 Å². The van der Waals surface area contributed by atoms with Gasteiger partial charge in [-0.2, -0.15) is 5.26 Å². The van der Waals surface area contributed by atoms with E-state index in [-0.39, 0.29) is 16.3 Å². The molecular weight excluding hydrogens is 342 g/mol. The van der Waals surface area contributed by atoms with Gasteiger partial charge in [-0.3, -0.25) is 4.72 Å². The van der Waals surface area contributed by atoms with E-state index in [0.717, 1.165) is 4.47 Å². The minimum absolute atomic E-state index is 0.0649. The molecule has 2 aromatic rings. The Hall–Kier alpha value is -1.91. The molecule has 20 heavy (non-hydrogen) atoms. The molecule has 0 atom stereocenters. The zero-order valence-electron chi connectivity index (χ0n) is 10.5. The average molecular weight is 352 g/mol. The molecule has 0 radical (unpaired) electrons. The van der Waals surface area contributed by atoms with Crippen LogP contribution < -0.4 is 4.72 Å². The van der Waals surface area contributed by atoms with Crippen molar-refractivity contribution in [1.82, 2.24) is 4.98 Å². The van der Waals surface area contributed by atoms with Gasteiger partial charge in [0.1, 0.15) is 16.8 Å². The fraction of sp³-hybridized carbons (Fsp3) is 0.0769. The zero-order chi connectivity index (χ0) is 14.8. The molecule has 0 aliphatic heterocycles. The summed E-state index contributed by atoms with van der Waals surface area (Å²) in [5.74, 6) is 0.207. The maximum absolute atomic E-state index is 12.3. The Morgan fingerprint density at radius 2 is 1.95 bits per heavy atom. The SMILES string of the molecule is Cc1nc(NS(=O)(=O)c2ccccc2C#N)ccc1Br. The van der Waals surface area contributed by atoms with Gasteiger partial charge in [0.2, 0.25) is 0 Å². The van der Waals surface area contributed by atoms with Crippen LogP contribution in [0, 0.1) is 18.3 Å². The molecule has 0 fully saturated rings. The van der Waals surface area contributed by atoms with Crippen LogP contribution in [0.15, 0.2) is 45.8 Å². The summed E-state index contributed by atoms with van der Waals surface area (Å²) in [5.41, 5.74) is 0.757. The van der Waals surface area contributed by atoms with Gasteiger partial charge in [-0.05, 0) is 47.1 Å². The summed E-state index contributed by atoms with van der Waals surface area (Å²) in [7, 11) is -3.84. The van der Waals surface area contributed by atoms with E-state index in [4.69, 9.17) is 5.26 Å². The Morgan fingerprint density at radius 3 is 2.60 bits per heavy atom. The summed E-state index contributed by atoms with van der Waals surface area (Å²) in [4.78, 5) is 4.05. The number of hydrogen-bond acceptors (Lipinski definition) is 4. The molecule has 0 aliphatic rings. The number of sulfonamides is 1. The number of aryl methyl sites for hydroxylation is 1. The molecular formula is C13H10BrN3O2S. The molecule has 1 aromatic carbocycles. The van der Waals surface area contributed by atoms with E-state index in [0.29, 0.717) is 5.69 Å². The van der Waals surface area contributed by atoms with Gasteiger partial charge in [-0.1, -0.05) is 12.1 Å². The lowest BCUT2D eigenvalue weighted by Crippen LogP contribution is -2.15. The van der Waals surface area contributed by atoms with Crippen molar-refractivity contribution in [3.05, 3.63) is 52.1 Å². The average Bonchev–Trinajstić information content (AvgIpc) is 2.42. The van der Waals surface area contributed by atoms with Gasteiger partial charge >= 0.3 is 0 Å². The molecule has 0 bridgehead atoms. The maximum atomic E-state index is 12.3. The number of benzene rings is 1. The molecule has 0 saturated heterocycles. The minimum atomic E-state index is -3.84. The van der Waals surface area contributed by atoms with Crippen molar-refractivity contribution in [2.24, 2.45) is 0 Å². The standard InChI is InChI=1S/C13H10BrN3O2S/c1-9-11(14)6-7-13(16-9)17-20(18,19)12-5-3-2-4-10(12)8-15/h2-7H,1H3,(H,16,17). The highest BCUT2D eigenvalue weighted by atomic mass is 79.9.